The molecule has 1 aromatic rings. The van der Waals surface area contributed by atoms with Crippen molar-refractivity contribution in [3.05, 3.63) is 29.6 Å². The van der Waals surface area contributed by atoms with E-state index in [0.29, 0.717) is 0 Å². The predicted octanol–water partition coefficient (Wildman–Crippen LogP) is 1.60. The van der Waals surface area contributed by atoms with Crippen molar-refractivity contribution < 1.29 is 13.5 Å². The lowest BCUT2D eigenvalue weighted by Crippen LogP contribution is -2.54. The van der Waals surface area contributed by atoms with Crippen LogP contribution in [0.15, 0.2) is 18.2 Å². The smallest absolute Gasteiger partial charge is 0.167 e. The van der Waals surface area contributed by atoms with Crippen molar-refractivity contribution in [1.82, 2.24) is 5.32 Å². The highest BCUT2D eigenvalue weighted by Crippen LogP contribution is 2.38. The Hall–Kier alpha value is -1.16. The predicted molar refractivity (Wildman–Crippen MR) is 48.6 cm³/mol. The molecule has 1 heterocycles. The van der Waals surface area contributed by atoms with Crippen molar-refractivity contribution in [2.45, 2.75) is 5.67 Å². The van der Waals surface area contributed by atoms with Crippen LogP contribution in [0, 0.1) is 5.82 Å². The standard InChI is InChI=1S/C10H11F2NO/c1-14-8-4-2-3-7(11)9(8)10(12)5-13-6-10/h2-4,13H,5-6H2,1H3. The van der Waals surface area contributed by atoms with E-state index >= 15 is 0 Å². The van der Waals surface area contributed by atoms with Gasteiger partial charge in [-0.15, -0.1) is 0 Å². The van der Waals surface area contributed by atoms with E-state index in [4.69, 9.17) is 4.74 Å². The molecule has 0 bridgehead atoms. The molecule has 0 spiro atoms. The third-order valence-electron chi connectivity index (χ3n) is 2.45. The van der Waals surface area contributed by atoms with Gasteiger partial charge >= 0.3 is 0 Å². The molecule has 1 aliphatic heterocycles. The molecule has 0 saturated carbocycles. The van der Waals surface area contributed by atoms with Crippen LogP contribution in [0.3, 0.4) is 0 Å². The zero-order valence-corrected chi connectivity index (χ0v) is 7.81. The molecule has 0 unspecified atom stereocenters. The van der Waals surface area contributed by atoms with E-state index in [1.807, 2.05) is 0 Å². The van der Waals surface area contributed by atoms with Crippen LogP contribution in [0.2, 0.25) is 0 Å². The van der Waals surface area contributed by atoms with Gasteiger partial charge in [-0.1, -0.05) is 6.07 Å². The van der Waals surface area contributed by atoms with Crippen molar-refractivity contribution in [1.29, 1.82) is 0 Å². The number of ether oxygens (including phenoxy) is 1. The molecule has 0 aliphatic carbocycles. The summed E-state index contributed by atoms with van der Waals surface area (Å²) in [7, 11) is 1.41. The van der Waals surface area contributed by atoms with E-state index in [0.717, 1.165) is 0 Å². The summed E-state index contributed by atoms with van der Waals surface area (Å²) in [5.41, 5.74) is -1.59. The summed E-state index contributed by atoms with van der Waals surface area (Å²) in [6.07, 6.45) is 0. The zero-order valence-electron chi connectivity index (χ0n) is 7.81. The topological polar surface area (TPSA) is 21.3 Å². The summed E-state index contributed by atoms with van der Waals surface area (Å²) in [6.45, 7) is 0.286. The minimum absolute atomic E-state index is 0.0289. The number of alkyl halides is 1. The van der Waals surface area contributed by atoms with Crippen molar-refractivity contribution in [3.63, 3.8) is 0 Å². The Labute approximate surface area is 80.9 Å². The Balaban J connectivity index is 2.49. The molecular formula is C10H11F2NO. The highest BCUT2D eigenvalue weighted by molar-refractivity contribution is 5.41. The lowest BCUT2D eigenvalue weighted by Gasteiger charge is -2.36. The number of hydrogen-bond acceptors (Lipinski definition) is 2. The van der Waals surface area contributed by atoms with Gasteiger partial charge in [0.15, 0.2) is 5.67 Å². The maximum atomic E-state index is 14.0. The van der Waals surface area contributed by atoms with Crippen LogP contribution in [0.4, 0.5) is 8.78 Å². The second-order valence-corrected chi connectivity index (χ2v) is 3.39. The molecule has 0 radical (unpaired) electrons. The van der Waals surface area contributed by atoms with Crippen LogP contribution < -0.4 is 10.1 Å². The summed E-state index contributed by atoms with van der Waals surface area (Å²) in [5, 5.41) is 2.78. The average molecular weight is 199 g/mol. The lowest BCUT2D eigenvalue weighted by molar-refractivity contribution is 0.0812. The number of halogens is 2. The van der Waals surface area contributed by atoms with Crippen LogP contribution in [0.5, 0.6) is 5.75 Å². The molecule has 1 aromatic carbocycles. The van der Waals surface area contributed by atoms with Crippen molar-refractivity contribution in [3.8, 4) is 5.75 Å². The normalized spacial score (nSPS) is 18.8. The van der Waals surface area contributed by atoms with Crippen LogP contribution in [-0.4, -0.2) is 20.2 Å². The van der Waals surface area contributed by atoms with Gasteiger partial charge in [0.1, 0.15) is 11.6 Å². The SMILES string of the molecule is COc1cccc(F)c1C1(F)CNC1. The van der Waals surface area contributed by atoms with Gasteiger partial charge < -0.3 is 10.1 Å². The first-order valence-corrected chi connectivity index (χ1v) is 4.40. The molecule has 0 atom stereocenters. The minimum Gasteiger partial charge on any atom is -0.496 e. The van der Waals surface area contributed by atoms with E-state index in [-0.39, 0.29) is 24.4 Å². The molecular weight excluding hydrogens is 188 g/mol. The molecule has 0 aromatic heterocycles. The van der Waals surface area contributed by atoms with Crippen LogP contribution in [0.1, 0.15) is 5.56 Å². The van der Waals surface area contributed by atoms with E-state index in [1.165, 1.54) is 19.2 Å². The summed E-state index contributed by atoms with van der Waals surface area (Å²) in [6, 6.07) is 4.32. The highest BCUT2D eigenvalue weighted by atomic mass is 19.1. The molecule has 2 nitrogen and oxygen atoms in total. The zero-order chi connectivity index (χ0) is 10.2. The molecule has 1 aliphatic rings. The summed E-state index contributed by atoms with van der Waals surface area (Å²) in [4.78, 5) is 0. The highest BCUT2D eigenvalue weighted by Gasteiger charge is 2.43. The van der Waals surface area contributed by atoms with Crippen LogP contribution in [-0.2, 0) is 5.67 Å². The maximum absolute atomic E-state index is 14.0. The number of methoxy groups -OCH3 is 1. The average Bonchev–Trinajstić information content (AvgIpc) is 2.14. The van der Waals surface area contributed by atoms with Crippen molar-refractivity contribution >= 4 is 0 Å². The molecule has 14 heavy (non-hydrogen) atoms. The van der Waals surface area contributed by atoms with Gasteiger partial charge in [0, 0.05) is 13.1 Å². The van der Waals surface area contributed by atoms with E-state index in [2.05, 4.69) is 5.32 Å². The fourth-order valence-corrected chi connectivity index (χ4v) is 1.63. The third kappa shape index (κ3) is 1.26. The largest absolute Gasteiger partial charge is 0.496 e. The second kappa shape index (κ2) is 3.20. The van der Waals surface area contributed by atoms with Gasteiger partial charge in [-0.2, -0.15) is 0 Å². The van der Waals surface area contributed by atoms with Crippen molar-refractivity contribution in [2.75, 3.05) is 20.2 Å². The molecule has 2 rings (SSSR count). The van der Waals surface area contributed by atoms with Crippen molar-refractivity contribution in [2.24, 2.45) is 0 Å². The first kappa shape index (κ1) is 9.40. The molecule has 76 valence electrons. The Kier molecular flexibility index (Phi) is 2.15. The van der Waals surface area contributed by atoms with Gasteiger partial charge in [0.2, 0.25) is 0 Å². The first-order chi connectivity index (χ1) is 6.67. The maximum Gasteiger partial charge on any atom is 0.167 e. The monoisotopic (exact) mass is 199 g/mol. The van der Waals surface area contributed by atoms with Gasteiger partial charge in [0.05, 0.1) is 12.7 Å². The van der Waals surface area contributed by atoms with Gasteiger partial charge in [-0.05, 0) is 12.1 Å². The number of benzene rings is 1. The Morgan fingerprint density at radius 2 is 2.14 bits per heavy atom. The van der Waals surface area contributed by atoms with Gasteiger partial charge in [-0.3, -0.25) is 0 Å². The summed E-state index contributed by atoms with van der Waals surface area (Å²) in [5.74, 6) is -0.276. The summed E-state index contributed by atoms with van der Waals surface area (Å²) >= 11 is 0. The molecule has 4 heteroatoms. The third-order valence-corrected chi connectivity index (χ3v) is 2.45. The van der Waals surface area contributed by atoms with Gasteiger partial charge in [0.25, 0.3) is 0 Å². The Bertz CT molecular complexity index is 350. The molecule has 1 fully saturated rings. The van der Waals surface area contributed by atoms with Gasteiger partial charge in [-0.25, -0.2) is 8.78 Å². The quantitative estimate of drug-likeness (QED) is 0.781. The molecule has 0 amide bonds. The second-order valence-electron chi connectivity index (χ2n) is 3.39. The van der Waals surface area contributed by atoms with Crippen LogP contribution >= 0.6 is 0 Å². The molecule has 1 saturated heterocycles. The number of rotatable bonds is 2. The number of hydrogen-bond donors (Lipinski definition) is 1. The fourth-order valence-electron chi connectivity index (χ4n) is 1.63. The van der Waals surface area contributed by atoms with E-state index in [9.17, 15) is 8.78 Å². The van der Waals surface area contributed by atoms with E-state index in [1.54, 1.807) is 6.07 Å². The van der Waals surface area contributed by atoms with Crippen LogP contribution in [0.25, 0.3) is 0 Å². The summed E-state index contributed by atoms with van der Waals surface area (Å²) < 4.78 is 32.3. The first-order valence-electron chi connectivity index (χ1n) is 4.40. The number of nitrogens with one attached hydrogen (secondary N) is 1. The molecule has 1 N–H and O–H groups in total. The minimum atomic E-state index is -1.61. The lowest BCUT2D eigenvalue weighted by atomic mass is 9.89. The van der Waals surface area contributed by atoms with E-state index < -0.39 is 11.5 Å². The Morgan fingerprint density at radius 1 is 1.43 bits per heavy atom. The fraction of sp³-hybridized carbons (Fsp3) is 0.400. The Morgan fingerprint density at radius 3 is 2.64 bits per heavy atom.